The second-order valence-electron chi connectivity index (χ2n) is 6.57. The number of benzene rings is 2. The Bertz CT molecular complexity index is 1020. The van der Waals surface area contributed by atoms with E-state index in [1.807, 2.05) is 31.2 Å². The van der Waals surface area contributed by atoms with Crippen LogP contribution in [0.5, 0.6) is 0 Å². The van der Waals surface area contributed by atoms with E-state index < -0.39 is 24.0 Å². The molecule has 0 spiro atoms. The molecule has 1 N–H and O–H groups in total. The van der Waals surface area contributed by atoms with E-state index in [9.17, 15) is 9.59 Å². The minimum atomic E-state index is -0.888. The summed E-state index contributed by atoms with van der Waals surface area (Å²) in [6.45, 7) is 5.12. The molecule has 2 aromatic carbocycles. The van der Waals surface area contributed by atoms with Gasteiger partial charge in [-0.1, -0.05) is 41.4 Å². The number of aromatic nitrogens is 2. The van der Waals surface area contributed by atoms with Crippen molar-refractivity contribution in [2.24, 2.45) is 0 Å². The molecule has 2 unspecified atom stereocenters. The van der Waals surface area contributed by atoms with Crippen molar-refractivity contribution >= 4 is 23.5 Å². The lowest BCUT2D eigenvalue weighted by Crippen LogP contribution is -2.40. The minimum absolute atomic E-state index is 0.165. The van der Waals surface area contributed by atoms with Gasteiger partial charge in [0.15, 0.2) is 6.10 Å². The summed E-state index contributed by atoms with van der Waals surface area (Å²) in [4.78, 5) is 24.6. The van der Waals surface area contributed by atoms with Crippen molar-refractivity contribution in [2.75, 3.05) is 0 Å². The number of carbonyl (C=O) groups excluding carboxylic acids is 2. The van der Waals surface area contributed by atoms with Gasteiger partial charge in [0.25, 0.3) is 11.8 Å². The molecule has 0 aliphatic carbocycles. The first-order valence-electron chi connectivity index (χ1n) is 9.01. The van der Waals surface area contributed by atoms with Crippen LogP contribution in [0.2, 0.25) is 5.02 Å². The number of ether oxygens (including phenoxy) is 1. The number of hydrogen-bond donors (Lipinski definition) is 1. The van der Waals surface area contributed by atoms with Crippen molar-refractivity contribution in [1.82, 2.24) is 15.5 Å². The number of esters is 1. The number of hydrogen-bond acceptors (Lipinski definition) is 6. The largest absolute Gasteiger partial charge is 0.451 e. The van der Waals surface area contributed by atoms with Crippen molar-refractivity contribution in [2.45, 2.75) is 32.9 Å². The fourth-order valence-corrected chi connectivity index (χ4v) is 2.74. The Labute approximate surface area is 173 Å². The van der Waals surface area contributed by atoms with Crippen LogP contribution in [-0.4, -0.2) is 28.1 Å². The van der Waals surface area contributed by atoms with Crippen molar-refractivity contribution in [1.29, 1.82) is 0 Å². The molecule has 150 valence electrons. The molecular formula is C21H20ClN3O4. The van der Waals surface area contributed by atoms with E-state index in [0.717, 1.165) is 11.1 Å². The van der Waals surface area contributed by atoms with E-state index in [4.69, 9.17) is 20.8 Å². The maximum atomic E-state index is 12.3. The maximum absolute atomic E-state index is 12.3. The summed E-state index contributed by atoms with van der Waals surface area (Å²) in [5.74, 6) is -0.596. The van der Waals surface area contributed by atoms with Gasteiger partial charge in [-0.2, -0.15) is 0 Å². The highest BCUT2D eigenvalue weighted by Crippen LogP contribution is 2.23. The van der Waals surface area contributed by atoms with Gasteiger partial charge in [-0.15, -0.1) is 10.2 Å². The van der Waals surface area contributed by atoms with Crippen LogP contribution >= 0.6 is 11.6 Å². The Morgan fingerprint density at radius 3 is 2.45 bits per heavy atom. The number of aryl methyl sites for hydroxylation is 1. The van der Waals surface area contributed by atoms with Crippen molar-refractivity contribution in [3.8, 4) is 11.5 Å². The van der Waals surface area contributed by atoms with Gasteiger partial charge in [0.05, 0.1) is 10.6 Å². The Balaban J connectivity index is 1.60. The fraction of sp³-hybridized carbons (Fsp3) is 0.238. The molecule has 8 heteroatoms. The van der Waals surface area contributed by atoms with Crippen molar-refractivity contribution < 1.29 is 18.7 Å². The zero-order valence-electron chi connectivity index (χ0n) is 16.2. The van der Waals surface area contributed by atoms with Crippen LogP contribution < -0.4 is 5.32 Å². The number of nitrogens with zero attached hydrogens (tertiary/aromatic N) is 2. The third kappa shape index (κ3) is 5.00. The molecule has 1 amide bonds. The second kappa shape index (κ2) is 8.87. The summed E-state index contributed by atoms with van der Waals surface area (Å²) >= 11 is 6.00. The molecule has 1 aromatic heterocycles. The highest BCUT2D eigenvalue weighted by molar-refractivity contribution is 6.33. The summed E-state index contributed by atoms with van der Waals surface area (Å²) < 4.78 is 11.0. The van der Waals surface area contributed by atoms with Crippen molar-refractivity contribution in [3.05, 3.63) is 70.6 Å². The zero-order chi connectivity index (χ0) is 21.0. The Kier molecular flexibility index (Phi) is 6.29. The summed E-state index contributed by atoms with van der Waals surface area (Å²) in [5, 5.41) is 10.8. The van der Waals surface area contributed by atoms with Crippen LogP contribution in [0.3, 0.4) is 0 Å². The highest BCUT2D eigenvalue weighted by atomic mass is 35.5. The molecule has 29 heavy (non-hydrogen) atoms. The first-order chi connectivity index (χ1) is 13.8. The van der Waals surface area contributed by atoms with E-state index in [-0.39, 0.29) is 11.5 Å². The third-order valence-electron chi connectivity index (χ3n) is 4.20. The number of carbonyl (C=O) groups is 2. The molecular weight excluding hydrogens is 394 g/mol. The van der Waals surface area contributed by atoms with Gasteiger partial charge in [-0.25, -0.2) is 4.79 Å². The SMILES string of the molecule is Cc1ccc(-c2nnc(C(C)OC(=O)C(C)NC(=O)c3ccccc3Cl)o2)cc1. The van der Waals surface area contributed by atoms with E-state index in [1.54, 1.807) is 31.2 Å². The van der Waals surface area contributed by atoms with Crippen LogP contribution in [0.15, 0.2) is 52.9 Å². The van der Waals surface area contributed by atoms with E-state index >= 15 is 0 Å². The van der Waals surface area contributed by atoms with Gasteiger partial charge < -0.3 is 14.5 Å². The quantitative estimate of drug-likeness (QED) is 0.611. The van der Waals surface area contributed by atoms with E-state index in [0.29, 0.717) is 10.9 Å². The first-order valence-corrected chi connectivity index (χ1v) is 9.39. The highest BCUT2D eigenvalue weighted by Gasteiger charge is 2.24. The van der Waals surface area contributed by atoms with Crippen molar-refractivity contribution in [3.63, 3.8) is 0 Å². The molecule has 0 radical (unpaired) electrons. The molecule has 2 atom stereocenters. The molecule has 0 saturated carbocycles. The summed E-state index contributed by atoms with van der Waals surface area (Å²) in [5.41, 5.74) is 2.17. The molecule has 0 fully saturated rings. The molecule has 0 aliphatic heterocycles. The molecule has 3 aromatic rings. The van der Waals surface area contributed by atoms with Crippen LogP contribution in [0.25, 0.3) is 11.5 Å². The maximum Gasteiger partial charge on any atom is 0.329 e. The van der Waals surface area contributed by atoms with Gasteiger partial charge >= 0.3 is 5.97 Å². The smallest absolute Gasteiger partial charge is 0.329 e. The Hall–Kier alpha value is -3.19. The first kappa shape index (κ1) is 20.5. The second-order valence-corrected chi connectivity index (χ2v) is 6.97. The lowest BCUT2D eigenvalue weighted by atomic mass is 10.1. The van der Waals surface area contributed by atoms with Crippen LogP contribution in [0.1, 0.15) is 41.8 Å². The summed E-state index contributed by atoms with van der Waals surface area (Å²) in [7, 11) is 0. The summed E-state index contributed by atoms with van der Waals surface area (Å²) in [6, 6.07) is 13.3. The lowest BCUT2D eigenvalue weighted by molar-refractivity contribution is -0.151. The predicted octanol–water partition coefficient (Wildman–Crippen LogP) is 4.12. The molecule has 0 saturated heterocycles. The number of nitrogens with one attached hydrogen (secondary N) is 1. The average molecular weight is 414 g/mol. The van der Waals surface area contributed by atoms with Crippen LogP contribution in [0.4, 0.5) is 0 Å². The normalized spacial score (nSPS) is 12.8. The van der Waals surface area contributed by atoms with Gasteiger partial charge in [0.2, 0.25) is 5.89 Å². The number of amides is 1. The van der Waals surface area contributed by atoms with Gasteiger partial charge in [-0.05, 0) is 45.0 Å². The standard InChI is InChI=1S/C21H20ClN3O4/c1-12-8-10-15(11-9-12)20-25-24-19(29-20)14(3)28-21(27)13(2)23-18(26)16-6-4-5-7-17(16)22/h4-11,13-14H,1-3H3,(H,23,26). The minimum Gasteiger partial charge on any atom is -0.451 e. The fourth-order valence-electron chi connectivity index (χ4n) is 2.52. The third-order valence-corrected chi connectivity index (χ3v) is 4.53. The molecule has 0 aliphatic rings. The average Bonchev–Trinajstić information content (AvgIpc) is 3.19. The predicted molar refractivity (Wildman–Crippen MR) is 107 cm³/mol. The molecule has 3 rings (SSSR count). The lowest BCUT2D eigenvalue weighted by Gasteiger charge is -2.16. The van der Waals surface area contributed by atoms with Gasteiger partial charge in [0, 0.05) is 5.56 Å². The molecule has 0 bridgehead atoms. The molecule has 7 nitrogen and oxygen atoms in total. The zero-order valence-corrected chi connectivity index (χ0v) is 16.9. The van der Waals surface area contributed by atoms with Gasteiger partial charge in [0.1, 0.15) is 6.04 Å². The monoisotopic (exact) mass is 413 g/mol. The van der Waals surface area contributed by atoms with E-state index in [2.05, 4.69) is 15.5 Å². The molecule has 1 heterocycles. The summed E-state index contributed by atoms with van der Waals surface area (Å²) in [6.07, 6.45) is -0.770. The van der Waals surface area contributed by atoms with E-state index in [1.165, 1.54) is 6.92 Å². The number of halogens is 1. The number of rotatable bonds is 6. The van der Waals surface area contributed by atoms with Gasteiger partial charge in [-0.3, -0.25) is 4.79 Å². The van der Waals surface area contributed by atoms with Crippen LogP contribution in [-0.2, 0) is 9.53 Å². The Morgan fingerprint density at radius 2 is 1.76 bits per heavy atom. The van der Waals surface area contributed by atoms with Crippen LogP contribution in [0, 0.1) is 6.92 Å². The Morgan fingerprint density at radius 1 is 1.07 bits per heavy atom. The topological polar surface area (TPSA) is 94.3 Å².